The van der Waals surface area contributed by atoms with E-state index in [0.29, 0.717) is 0 Å². The molecule has 0 aromatic heterocycles. The van der Waals surface area contributed by atoms with Crippen LogP contribution in [0.3, 0.4) is 0 Å². The number of nitrogens with zero attached hydrogens (tertiary/aromatic N) is 1. The summed E-state index contributed by atoms with van der Waals surface area (Å²) in [6.07, 6.45) is -0.0868. The Morgan fingerprint density at radius 3 is 2.54 bits per heavy atom. The molecule has 13 heavy (non-hydrogen) atoms. The van der Waals surface area contributed by atoms with Gasteiger partial charge in [0.1, 0.15) is 0 Å². The maximum absolute atomic E-state index is 5.10. The molecule has 3 heteroatoms. The van der Waals surface area contributed by atoms with Crippen molar-refractivity contribution >= 4 is 5.84 Å². The number of hydrogen-bond acceptors (Lipinski definition) is 3. The van der Waals surface area contributed by atoms with Crippen LogP contribution in [0.25, 0.3) is 0 Å². The van der Waals surface area contributed by atoms with E-state index >= 15 is 0 Å². The van der Waals surface area contributed by atoms with Gasteiger partial charge >= 0.3 is 0 Å². The highest BCUT2D eigenvalue weighted by Gasteiger charge is 2.13. The van der Waals surface area contributed by atoms with E-state index in [1.807, 2.05) is 19.1 Å². The van der Waals surface area contributed by atoms with E-state index in [0.717, 1.165) is 11.4 Å². The Bertz CT molecular complexity index is 329. The molecule has 1 heterocycles. The summed E-state index contributed by atoms with van der Waals surface area (Å²) in [4.78, 5) is 9.37. The molecule has 1 N–H and O–H groups in total. The molecule has 0 radical (unpaired) electrons. The van der Waals surface area contributed by atoms with Gasteiger partial charge in [-0.15, -0.1) is 0 Å². The van der Waals surface area contributed by atoms with Crippen LogP contribution in [0, 0.1) is 6.92 Å². The smallest absolute Gasteiger partial charge is 0.174 e. The second-order valence-corrected chi connectivity index (χ2v) is 3.16. The number of aryl methyl sites for hydroxylation is 1. The molecule has 3 nitrogen and oxygen atoms in total. The lowest BCUT2D eigenvalue weighted by Crippen LogP contribution is -2.18. The zero-order valence-electron chi connectivity index (χ0n) is 7.74. The Morgan fingerprint density at radius 1 is 1.31 bits per heavy atom. The molecular weight excluding hydrogens is 164 g/mol. The van der Waals surface area contributed by atoms with Gasteiger partial charge in [0.25, 0.3) is 0 Å². The Hall–Kier alpha value is -1.35. The number of amidine groups is 1. The van der Waals surface area contributed by atoms with Gasteiger partial charge in [0.05, 0.1) is 0 Å². The van der Waals surface area contributed by atoms with Gasteiger partial charge in [-0.3, -0.25) is 0 Å². The first-order valence-corrected chi connectivity index (χ1v) is 4.32. The summed E-state index contributed by atoms with van der Waals surface area (Å²) < 4.78 is 0. The van der Waals surface area contributed by atoms with Crippen molar-refractivity contribution in [1.29, 1.82) is 0 Å². The molecular formula is C10H12N2O. The topological polar surface area (TPSA) is 33.6 Å². The van der Waals surface area contributed by atoms with Crippen LogP contribution in [0.5, 0.6) is 0 Å². The van der Waals surface area contributed by atoms with Crippen molar-refractivity contribution in [2.45, 2.75) is 20.1 Å². The zero-order chi connectivity index (χ0) is 9.26. The monoisotopic (exact) mass is 176 g/mol. The fourth-order valence-corrected chi connectivity index (χ4v) is 1.22. The number of hydroxylamine groups is 1. The molecule has 0 saturated carbocycles. The molecule has 1 unspecified atom stereocenters. The van der Waals surface area contributed by atoms with Crippen molar-refractivity contribution in [1.82, 2.24) is 5.48 Å². The number of hydrogen-bond donors (Lipinski definition) is 1. The van der Waals surface area contributed by atoms with Crippen molar-refractivity contribution < 1.29 is 4.84 Å². The molecule has 1 aromatic carbocycles. The van der Waals surface area contributed by atoms with Gasteiger partial charge in [0, 0.05) is 5.56 Å². The van der Waals surface area contributed by atoms with Crippen molar-refractivity contribution in [2.24, 2.45) is 4.99 Å². The third-order valence-electron chi connectivity index (χ3n) is 1.96. The molecule has 1 aliphatic heterocycles. The normalized spacial score (nSPS) is 21.1. The van der Waals surface area contributed by atoms with Gasteiger partial charge in [0.15, 0.2) is 12.1 Å². The minimum atomic E-state index is -0.0868. The predicted molar refractivity (Wildman–Crippen MR) is 51.4 cm³/mol. The molecule has 0 saturated heterocycles. The van der Waals surface area contributed by atoms with E-state index < -0.39 is 0 Å². The zero-order valence-corrected chi connectivity index (χ0v) is 7.74. The minimum absolute atomic E-state index is 0.0868. The van der Waals surface area contributed by atoms with Gasteiger partial charge < -0.3 is 0 Å². The number of benzene rings is 1. The van der Waals surface area contributed by atoms with E-state index in [-0.39, 0.29) is 6.23 Å². The second-order valence-electron chi connectivity index (χ2n) is 3.16. The predicted octanol–water partition coefficient (Wildman–Crippen LogP) is 1.62. The van der Waals surface area contributed by atoms with Gasteiger partial charge in [-0.25, -0.2) is 15.3 Å². The van der Waals surface area contributed by atoms with E-state index in [1.54, 1.807) is 0 Å². The number of rotatable bonds is 1. The number of aliphatic imine (C=N–C) groups is 1. The SMILES string of the molecule is Cc1ccc(C2=NC(C)ON2)cc1. The summed E-state index contributed by atoms with van der Waals surface area (Å²) in [7, 11) is 0. The summed E-state index contributed by atoms with van der Waals surface area (Å²) in [5.41, 5.74) is 5.10. The summed E-state index contributed by atoms with van der Waals surface area (Å²) in [6.45, 7) is 3.96. The summed E-state index contributed by atoms with van der Waals surface area (Å²) in [5, 5.41) is 0. The van der Waals surface area contributed by atoms with Crippen LogP contribution in [0.2, 0.25) is 0 Å². The summed E-state index contributed by atoms with van der Waals surface area (Å²) in [5.74, 6) is 0.813. The van der Waals surface area contributed by atoms with Crippen LogP contribution in [-0.4, -0.2) is 12.1 Å². The van der Waals surface area contributed by atoms with Crippen LogP contribution >= 0.6 is 0 Å². The number of nitrogens with one attached hydrogen (secondary N) is 1. The van der Waals surface area contributed by atoms with E-state index in [1.165, 1.54) is 5.56 Å². The first kappa shape index (κ1) is 8.26. The molecule has 0 spiro atoms. The fraction of sp³-hybridized carbons (Fsp3) is 0.300. The average molecular weight is 176 g/mol. The molecule has 0 aliphatic carbocycles. The molecule has 0 bridgehead atoms. The maximum atomic E-state index is 5.10. The molecule has 68 valence electrons. The van der Waals surface area contributed by atoms with Crippen LogP contribution in [0.15, 0.2) is 29.3 Å². The third-order valence-corrected chi connectivity index (χ3v) is 1.96. The summed E-state index contributed by atoms with van der Waals surface area (Å²) >= 11 is 0. The highest BCUT2D eigenvalue weighted by molar-refractivity contribution is 5.98. The minimum Gasteiger partial charge on any atom is -0.248 e. The molecule has 1 aromatic rings. The van der Waals surface area contributed by atoms with Gasteiger partial charge in [-0.2, -0.15) is 0 Å². The Balaban J connectivity index is 2.26. The fourth-order valence-electron chi connectivity index (χ4n) is 1.22. The van der Waals surface area contributed by atoms with Crippen molar-refractivity contribution in [3.8, 4) is 0 Å². The van der Waals surface area contributed by atoms with E-state index in [2.05, 4.69) is 29.5 Å². The first-order valence-electron chi connectivity index (χ1n) is 4.32. The quantitative estimate of drug-likeness (QED) is 0.705. The van der Waals surface area contributed by atoms with Crippen LogP contribution in [-0.2, 0) is 4.84 Å². The van der Waals surface area contributed by atoms with Crippen molar-refractivity contribution in [3.63, 3.8) is 0 Å². The van der Waals surface area contributed by atoms with Gasteiger partial charge in [0.2, 0.25) is 0 Å². The Labute approximate surface area is 77.4 Å². The molecule has 0 amide bonds. The lowest BCUT2D eigenvalue weighted by atomic mass is 10.1. The van der Waals surface area contributed by atoms with Gasteiger partial charge in [-0.05, 0) is 13.8 Å². The van der Waals surface area contributed by atoms with E-state index in [4.69, 9.17) is 4.84 Å². The van der Waals surface area contributed by atoms with Gasteiger partial charge in [-0.1, -0.05) is 29.8 Å². The molecule has 2 rings (SSSR count). The van der Waals surface area contributed by atoms with Crippen LogP contribution < -0.4 is 5.48 Å². The van der Waals surface area contributed by atoms with E-state index in [9.17, 15) is 0 Å². The lowest BCUT2D eigenvalue weighted by molar-refractivity contribution is 0.0504. The standard InChI is InChI=1S/C10H12N2O/c1-7-3-5-9(6-4-7)10-11-8(2)13-12-10/h3-6,8H,1-2H3,(H,11,12). The van der Waals surface area contributed by atoms with Crippen LogP contribution in [0.1, 0.15) is 18.1 Å². The second kappa shape index (κ2) is 3.18. The Morgan fingerprint density at radius 2 is 2.00 bits per heavy atom. The average Bonchev–Trinajstić information content (AvgIpc) is 2.53. The lowest BCUT2D eigenvalue weighted by Gasteiger charge is -2.00. The van der Waals surface area contributed by atoms with Crippen LogP contribution in [0.4, 0.5) is 0 Å². The van der Waals surface area contributed by atoms with Crippen molar-refractivity contribution in [3.05, 3.63) is 35.4 Å². The summed E-state index contributed by atoms with van der Waals surface area (Å²) in [6, 6.07) is 8.18. The maximum Gasteiger partial charge on any atom is 0.174 e. The molecule has 1 aliphatic rings. The third kappa shape index (κ3) is 1.70. The highest BCUT2D eigenvalue weighted by atomic mass is 16.7. The highest BCUT2D eigenvalue weighted by Crippen LogP contribution is 2.08. The first-order chi connectivity index (χ1) is 6.25. The molecule has 0 fully saturated rings. The molecule has 1 atom stereocenters. The Kier molecular flexibility index (Phi) is 2.02. The largest absolute Gasteiger partial charge is 0.248 e. The van der Waals surface area contributed by atoms with Crippen molar-refractivity contribution in [2.75, 3.05) is 0 Å².